The molecule has 1 amide bonds. The highest BCUT2D eigenvalue weighted by Gasteiger charge is 2.02. The van der Waals surface area contributed by atoms with E-state index in [0.717, 1.165) is 0 Å². The van der Waals surface area contributed by atoms with Crippen LogP contribution in [0.25, 0.3) is 0 Å². The van der Waals surface area contributed by atoms with E-state index in [1.807, 2.05) is 13.8 Å². The van der Waals surface area contributed by atoms with Crippen LogP contribution in [0.4, 0.5) is 5.69 Å². The van der Waals surface area contributed by atoms with Gasteiger partial charge in [-0.3, -0.25) is 9.59 Å². The number of hydrogen-bond acceptors (Lipinski definition) is 4. The molecule has 1 aromatic rings. The number of carbonyl (C=O) groups excluding carboxylic acids is 1. The van der Waals surface area contributed by atoms with Crippen LogP contribution in [0.2, 0.25) is 0 Å². The first-order valence-electron chi connectivity index (χ1n) is 5.13. The normalized spacial score (nSPS) is 10.2. The molecule has 0 aliphatic heterocycles. The number of nitrogens with zero attached hydrogens (tertiary/aromatic N) is 1. The van der Waals surface area contributed by atoms with Gasteiger partial charge in [0.15, 0.2) is 0 Å². The Morgan fingerprint density at radius 2 is 2.31 bits per heavy atom. The van der Waals surface area contributed by atoms with E-state index in [9.17, 15) is 9.59 Å². The Balaban J connectivity index is 2.34. The zero-order chi connectivity index (χ0) is 12.0. The summed E-state index contributed by atoms with van der Waals surface area (Å²) in [6.45, 7) is 4.83. The van der Waals surface area contributed by atoms with Gasteiger partial charge in [-0.2, -0.15) is 5.10 Å². The summed E-state index contributed by atoms with van der Waals surface area (Å²) in [4.78, 5) is 22.2. The number of hydrogen-bond donors (Lipinski definition) is 3. The molecule has 3 N–H and O–H groups in total. The van der Waals surface area contributed by atoms with Crippen LogP contribution in [0.3, 0.4) is 0 Å². The first-order chi connectivity index (χ1) is 7.58. The first-order valence-corrected chi connectivity index (χ1v) is 5.13. The highest BCUT2D eigenvalue weighted by molar-refractivity contribution is 5.80. The Labute approximate surface area is 93.5 Å². The summed E-state index contributed by atoms with van der Waals surface area (Å²) >= 11 is 0. The average Bonchev–Trinajstić information content (AvgIpc) is 2.23. The van der Waals surface area contributed by atoms with Crippen molar-refractivity contribution in [3.05, 3.63) is 22.6 Å². The summed E-state index contributed by atoms with van der Waals surface area (Å²) in [5, 5.41) is 11.4. The maximum atomic E-state index is 11.3. The van der Waals surface area contributed by atoms with Gasteiger partial charge in [0.1, 0.15) is 0 Å². The number of amides is 1. The minimum atomic E-state index is -0.299. The highest BCUT2D eigenvalue weighted by Crippen LogP contribution is 1.96. The standard InChI is InChI=1S/C10H16N4O2/c1-7(2)4-12-10(16)6-11-8-3-9(15)14-13-5-8/h3,5,7H,4,6H2,1-2H3,(H,12,16)(H2,11,14,15). The summed E-state index contributed by atoms with van der Waals surface area (Å²) < 4.78 is 0. The van der Waals surface area contributed by atoms with Crippen molar-refractivity contribution in [2.24, 2.45) is 5.92 Å². The van der Waals surface area contributed by atoms with Crippen LogP contribution >= 0.6 is 0 Å². The van der Waals surface area contributed by atoms with Gasteiger partial charge in [0.25, 0.3) is 5.56 Å². The molecule has 0 spiro atoms. The Morgan fingerprint density at radius 1 is 1.56 bits per heavy atom. The fourth-order valence-electron chi connectivity index (χ4n) is 1.04. The maximum absolute atomic E-state index is 11.3. The molecule has 0 unspecified atom stereocenters. The van der Waals surface area contributed by atoms with Crippen molar-refractivity contribution in [1.82, 2.24) is 15.5 Å². The molecule has 0 bridgehead atoms. The van der Waals surface area contributed by atoms with E-state index < -0.39 is 0 Å². The fourth-order valence-corrected chi connectivity index (χ4v) is 1.04. The van der Waals surface area contributed by atoms with Crippen molar-refractivity contribution in [3.8, 4) is 0 Å². The molecule has 88 valence electrons. The quantitative estimate of drug-likeness (QED) is 0.654. The molecule has 0 aliphatic carbocycles. The predicted molar refractivity (Wildman–Crippen MR) is 61.2 cm³/mol. The lowest BCUT2D eigenvalue weighted by Crippen LogP contribution is -2.32. The average molecular weight is 224 g/mol. The number of aromatic amines is 1. The van der Waals surface area contributed by atoms with Crippen molar-refractivity contribution in [3.63, 3.8) is 0 Å². The summed E-state index contributed by atoms with van der Waals surface area (Å²) in [6, 6.07) is 1.35. The van der Waals surface area contributed by atoms with Crippen molar-refractivity contribution < 1.29 is 4.79 Å². The van der Waals surface area contributed by atoms with Crippen molar-refractivity contribution in [2.75, 3.05) is 18.4 Å². The number of anilines is 1. The van der Waals surface area contributed by atoms with Crippen LogP contribution in [0.5, 0.6) is 0 Å². The molecule has 0 saturated heterocycles. The number of aromatic nitrogens is 2. The van der Waals surface area contributed by atoms with Gasteiger partial charge in [-0.1, -0.05) is 13.8 Å². The van der Waals surface area contributed by atoms with E-state index in [0.29, 0.717) is 18.2 Å². The van der Waals surface area contributed by atoms with Gasteiger partial charge >= 0.3 is 0 Å². The monoisotopic (exact) mass is 224 g/mol. The van der Waals surface area contributed by atoms with Gasteiger partial charge in [0.2, 0.25) is 5.91 Å². The Morgan fingerprint density at radius 3 is 2.94 bits per heavy atom. The molecule has 0 fully saturated rings. The molecule has 0 radical (unpaired) electrons. The summed E-state index contributed by atoms with van der Waals surface area (Å²) in [5.74, 6) is 0.319. The van der Waals surface area contributed by atoms with Crippen molar-refractivity contribution in [2.45, 2.75) is 13.8 Å². The molecular formula is C10H16N4O2. The van der Waals surface area contributed by atoms with Crippen molar-refractivity contribution >= 4 is 11.6 Å². The van der Waals surface area contributed by atoms with E-state index in [1.165, 1.54) is 12.3 Å². The second-order valence-corrected chi connectivity index (χ2v) is 3.89. The van der Waals surface area contributed by atoms with Gasteiger partial charge in [-0.05, 0) is 5.92 Å². The molecule has 0 aromatic carbocycles. The van der Waals surface area contributed by atoms with Crippen LogP contribution in [-0.4, -0.2) is 29.2 Å². The number of carbonyl (C=O) groups is 1. The zero-order valence-corrected chi connectivity index (χ0v) is 9.41. The molecule has 0 saturated carbocycles. The molecule has 1 rings (SSSR count). The van der Waals surface area contributed by atoms with Gasteiger partial charge in [0.05, 0.1) is 18.4 Å². The summed E-state index contributed by atoms with van der Waals surface area (Å²) in [7, 11) is 0. The molecule has 0 atom stereocenters. The van der Waals surface area contributed by atoms with Crippen molar-refractivity contribution in [1.29, 1.82) is 0 Å². The SMILES string of the molecule is CC(C)CNC(=O)CNc1cn[nH]c(=O)c1. The van der Waals surface area contributed by atoms with Crippen LogP contribution in [0.15, 0.2) is 17.1 Å². The van der Waals surface area contributed by atoms with E-state index in [-0.39, 0.29) is 18.0 Å². The van der Waals surface area contributed by atoms with E-state index in [4.69, 9.17) is 0 Å². The van der Waals surface area contributed by atoms with Gasteiger partial charge < -0.3 is 10.6 Å². The highest BCUT2D eigenvalue weighted by atomic mass is 16.2. The third-order valence-corrected chi connectivity index (χ3v) is 1.83. The van der Waals surface area contributed by atoms with Gasteiger partial charge in [-0.25, -0.2) is 5.10 Å². The van der Waals surface area contributed by atoms with Crippen LogP contribution in [0, 0.1) is 5.92 Å². The second-order valence-electron chi connectivity index (χ2n) is 3.89. The van der Waals surface area contributed by atoms with E-state index >= 15 is 0 Å². The summed E-state index contributed by atoms with van der Waals surface area (Å²) in [5.41, 5.74) is 0.232. The summed E-state index contributed by atoms with van der Waals surface area (Å²) in [6.07, 6.45) is 1.46. The zero-order valence-electron chi connectivity index (χ0n) is 9.41. The predicted octanol–water partition coefficient (Wildman–Crippen LogP) is -0.0460. The first kappa shape index (κ1) is 12.2. The topological polar surface area (TPSA) is 86.9 Å². The molecule has 6 nitrogen and oxygen atoms in total. The van der Waals surface area contributed by atoms with E-state index in [1.54, 1.807) is 0 Å². The third-order valence-electron chi connectivity index (χ3n) is 1.83. The Bertz CT molecular complexity index is 400. The molecule has 6 heteroatoms. The molecule has 1 heterocycles. The Kier molecular flexibility index (Phi) is 4.50. The number of nitrogens with one attached hydrogen (secondary N) is 3. The fraction of sp³-hybridized carbons (Fsp3) is 0.500. The van der Waals surface area contributed by atoms with Crippen LogP contribution in [0.1, 0.15) is 13.8 Å². The number of H-pyrrole nitrogens is 1. The lowest BCUT2D eigenvalue weighted by molar-refractivity contribution is -0.119. The van der Waals surface area contributed by atoms with Gasteiger partial charge in [0, 0.05) is 12.6 Å². The van der Waals surface area contributed by atoms with Gasteiger partial charge in [-0.15, -0.1) is 0 Å². The minimum Gasteiger partial charge on any atom is -0.375 e. The minimum absolute atomic E-state index is 0.103. The largest absolute Gasteiger partial charge is 0.375 e. The maximum Gasteiger partial charge on any atom is 0.266 e. The molecule has 0 aliphatic rings. The van der Waals surface area contributed by atoms with Crippen LogP contribution in [-0.2, 0) is 4.79 Å². The smallest absolute Gasteiger partial charge is 0.266 e. The second kappa shape index (κ2) is 5.89. The Hall–Kier alpha value is -1.85. The molecule has 16 heavy (non-hydrogen) atoms. The molecule has 1 aromatic heterocycles. The molecular weight excluding hydrogens is 208 g/mol. The van der Waals surface area contributed by atoms with E-state index in [2.05, 4.69) is 20.8 Å². The van der Waals surface area contributed by atoms with Crippen LogP contribution < -0.4 is 16.2 Å². The number of rotatable bonds is 5. The lowest BCUT2D eigenvalue weighted by Gasteiger charge is -2.08. The lowest BCUT2D eigenvalue weighted by atomic mass is 10.2. The third kappa shape index (κ3) is 4.59.